The molecule has 0 heterocycles. The Balaban J connectivity index is 2.49. The van der Waals surface area contributed by atoms with Gasteiger partial charge in [0.05, 0.1) is 4.90 Å². The highest BCUT2D eigenvalue weighted by atomic mass is 32.2. The highest BCUT2D eigenvalue weighted by Gasteiger charge is 2.48. The SMILES string of the molecule is CCCC(C)c1ccc2cc(OS(=O)(=O)C(F)(F)F)c(SC)cc2c1. The first-order valence-corrected chi connectivity index (χ1v) is 10.3. The number of halogens is 3. The summed E-state index contributed by atoms with van der Waals surface area (Å²) < 4.78 is 64.6. The molecule has 8 heteroatoms. The molecule has 2 aromatic carbocycles. The van der Waals surface area contributed by atoms with Crippen LogP contribution >= 0.6 is 11.8 Å². The van der Waals surface area contributed by atoms with E-state index in [9.17, 15) is 21.6 Å². The van der Waals surface area contributed by atoms with Crippen LogP contribution in [0.1, 0.15) is 38.2 Å². The summed E-state index contributed by atoms with van der Waals surface area (Å²) >= 11 is 1.13. The van der Waals surface area contributed by atoms with Crippen molar-refractivity contribution in [1.82, 2.24) is 0 Å². The van der Waals surface area contributed by atoms with Gasteiger partial charge in [-0.25, -0.2) is 0 Å². The van der Waals surface area contributed by atoms with Gasteiger partial charge in [-0.15, -0.1) is 11.8 Å². The summed E-state index contributed by atoms with van der Waals surface area (Å²) in [6, 6.07) is 8.65. The first-order valence-electron chi connectivity index (χ1n) is 7.71. The third-order valence-corrected chi connectivity index (χ3v) is 5.65. The lowest BCUT2D eigenvalue weighted by atomic mass is 9.94. The molecule has 25 heavy (non-hydrogen) atoms. The summed E-state index contributed by atoms with van der Waals surface area (Å²) in [4.78, 5) is 0.334. The third kappa shape index (κ3) is 4.41. The molecule has 3 nitrogen and oxygen atoms in total. The van der Waals surface area contributed by atoms with E-state index in [4.69, 9.17) is 0 Å². The number of rotatable bonds is 6. The monoisotopic (exact) mass is 392 g/mol. The summed E-state index contributed by atoms with van der Waals surface area (Å²) in [5.74, 6) is 0.0559. The van der Waals surface area contributed by atoms with Crippen molar-refractivity contribution in [2.75, 3.05) is 6.26 Å². The summed E-state index contributed by atoms with van der Waals surface area (Å²) in [6.45, 7) is 4.22. The van der Waals surface area contributed by atoms with Crippen LogP contribution in [0.3, 0.4) is 0 Å². The molecule has 138 valence electrons. The van der Waals surface area contributed by atoms with Crippen LogP contribution in [0.4, 0.5) is 13.2 Å². The van der Waals surface area contributed by atoms with Gasteiger partial charge in [0.25, 0.3) is 0 Å². The van der Waals surface area contributed by atoms with E-state index in [2.05, 4.69) is 18.0 Å². The fourth-order valence-electron chi connectivity index (χ4n) is 2.57. The van der Waals surface area contributed by atoms with E-state index < -0.39 is 15.6 Å². The van der Waals surface area contributed by atoms with Gasteiger partial charge < -0.3 is 4.18 Å². The zero-order chi connectivity index (χ0) is 18.8. The molecule has 0 bridgehead atoms. The normalized spacial score (nSPS) is 13.8. The Morgan fingerprint density at radius 2 is 1.84 bits per heavy atom. The van der Waals surface area contributed by atoms with E-state index in [0.717, 1.165) is 35.6 Å². The Kier molecular flexibility index (Phi) is 5.93. The van der Waals surface area contributed by atoms with E-state index >= 15 is 0 Å². The molecule has 0 aliphatic rings. The van der Waals surface area contributed by atoms with Crippen LogP contribution in [-0.4, -0.2) is 20.2 Å². The van der Waals surface area contributed by atoms with E-state index in [1.54, 1.807) is 18.4 Å². The molecule has 2 rings (SSSR count). The molecule has 0 saturated carbocycles. The molecule has 0 radical (unpaired) electrons. The van der Waals surface area contributed by atoms with Crippen molar-refractivity contribution in [3.05, 3.63) is 35.9 Å². The van der Waals surface area contributed by atoms with Crippen LogP contribution in [0.15, 0.2) is 35.2 Å². The van der Waals surface area contributed by atoms with Crippen molar-refractivity contribution in [2.45, 2.75) is 43.0 Å². The highest BCUT2D eigenvalue weighted by molar-refractivity contribution is 7.98. The summed E-state index contributed by atoms with van der Waals surface area (Å²) in [7, 11) is -5.69. The van der Waals surface area contributed by atoms with Gasteiger partial charge in [0, 0.05) is 0 Å². The second kappa shape index (κ2) is 7.45. The molecule has 0 N–H and O–H groups in total. The second-order valence-corrected chi connectivity index (χ2v) is 8.17. The standard InChI is InChI=1S/C17H19F3O3S2/c1-4-5-11(2)12-6-7-13-9-15(16(24-3)10-14(13)8-12)23-25(21,22)17(18,19)20/h6-11H,4-5H2,1-3H3. The first kappa shape index (κ1) is 19.9. The van der Waals surface area contributed by atoms with Crippen molar-refractivity contribution in [3.63, 3.8) is 0 Å². The molecular weight excluding hydrogens is 373 g/mol. The number of benzene rings is 2. The average molecular weight is 392 g/mol. The van der Waals surface area contributed by atoms with Gasteiger partial charge in [-0.05, 0) is 47.1 Å². The molecule has 0 aromatic heterocycles. The molecular formula is C17H19F3O3S2. The predicted molar refractivity (Wildman–Crippen MR) is 94.7 cm³/mol. The largest absolute Gasteiger partial charge is 0.534 e. The number of hydrogen-bond acceptors (Lipinski definition) is 4. The van der Waals surface area contributed by atoms with Crippen molar-refractivity contribution >= 4 is 32.7 Å². The van der Waals surface area contributed by atoms with Crippen LogP contribution in [0.5, 0.6) is 5.75 Å². The maximum Gasteiger partial charge on any atom is 0.534 e. The second-order valence-electron chi connectivity index (χ2n) is 5.78. The molecule has 1 atom stereocenters. The van der Waals surface area contributed by atoms with Gasteiger partial charge in [-0.3, -0.25) is 0 Å². The minimum Gasteiger partial charge on any atom is -0.375 e. The fourth-order valence-corrected chi connectivity index (χ4v) is 3.64. The zero-order valence-corrected chi connectivity index (χ0v) is 15.7. The van der Waals surface area contributed by atoms with E-state index in [1.807, 2.05) is 12.1 Å². The molecule has 0 aliphatic carbocycles. The lowest BCUT2D eigenvalue weighted by Gasteiger charge is -2.15. The van der Waals surface area contributed by atoms with Gasteiger partial charge in [-0.2, -0.15) is 21.6 Å². The van der Waals surface area contributed by atoms with Gasteiger partial charge in [0.15, 0.2) is 5.75 Å². The van der Waals surface area contributed by atoms with Crippen molar-refractivity contribution in [3.8, 4) is 5.75 Å². The van der Waals surface area contributed by atoms with Crippen molar-refractivity contribution < 1.29 is 25.8 Å². The Hall–Kier alpha value is -1.41. The third-order valence-electron chi connectivity index (χ3n) is 3.92. The smallest absolute Gasteiger partial charge is 0.375 e. The zero-order valence-electron chi connectivity index (χ0n) is 14.1. The fraction of sp³-hybridized carbons (Fsp3) is 0.412. The molecule has 0 aliphatic heterocycles. The van der Waals surface area contributed by atoms with Crippen LogP contribution in [0.25, 0.3) is 10.8 Å². The van der Waals surface area contributed by atoms with Gasteiger partial charge in [-0.1, -0.05) is 38.5 Å². The quantitative estimate of drug-likeness (QED) is 0.360. The number of alkyl halides is 3. The van der Waals surface area contributed by atoms with Gasteiger partial charge in [0.2, 0.25) is 0 Å². The Morgan fingerprint density at radius 3 is 2.40 bits per heavy atom. The maximum atomic E-state index is 12.6. The predicted octanol–water partition coefficient (Wildman–Crippen LogP) is 5.69. The first-order chi connectivity index (χ1) is 11.6. The number of thioether (sulfide) groups is 1. The lowest BCUT2D eigenvalue weighted by Crippen LogP contribution is -2.28. The van der Waals surface area contributed by atoms with Crippen LogP contribution < -0.4 is 4.18 Å². The lowest BCUT2D eigenvalue weighted by molar-refractivity contribution is -0.0500. The average Bonchev–Trinajstić information content (AvgIpc) is 2.52. The molecule has 0 amide bonds. The molecule has 2 aromatic rings. The van der Waals surface area contributed by atoms with E-state index in [0.29, 0.717) is 16.2 Å². The highest BCUT2D eigenvalue weighted by Crippen LogP contribution is 2.37. The summed E-state index contributed by atoms with van der Waals surface area (Å²) in [6.07, 6.45) is 3.74. The number of fused-ring (bicyclic) bond motifs is 1. The van der Waals surface area contributed by atoms with Crippen molar-refractivity contribution in [2.24, 2.45) is 0 Å². The maximum absolute atomic E-state index is 12.6. The van der Waals surface area contributed by atoms with Crippen LogP contribution in [0.2, 0.25) is 0 Å². The topological polar surface area (TPSA) is 43.4 Å². The molecule has 0 spiro atoms. The van der Waals surface area contributed by atoms with Crippen molar-refractivity contribution in [1.29, 1.82) is 0 Å². The molecule has 0 fully saturated rings. The molecule has 0 saturated heterocycles. The van der Waals surface area contributed by atoms with Gasteiger partial charge >= 0.3 is 15.6 Å². The number of hydrogen-bond donors (Lipinski definition) is 0. The Labute approximate surface area is 149 Å². The minimum absolute atomic E-state index is 0.313. The van der Waals surface area contributed by atoms with Crippen LogP contribution in [0, 0.1) is 0 Å². The minimum atomic E-state index is -5.69. The summed E-state index contributed by atoms with van der Waals surface area (Å²) in [5.41, 5.74) is -4.32. The summed E-state index contributed by atoms with van der Waals surface area (Å²) in [5, 5.41) is 1.46. The molecule has 1 unspecified atom stereocenters. The Morgan fingerprint density at radius 1 is 1.16 bits per heavy atom. The van der Waals surface area contributed by atoms with E-state index in [-0.39, 0.29) is 5.75 Å². The Bertz CT molecular complexity index is 861. The van der Waals surface area contributed by atoms with Crippen LogP contribution in [-0.2, 0) is 10.1 Å². The van der Waals surface area contributed by atoms with E-state index in [1.165, 1.54) is 6.07 Å². The van der Waals surface area contributed by atoms with Gasteiger partial charge in [0.1, 0.15) is 0 Å².